The molecule has 13 heavy (non-hydrogen) atoms. The molecule has 0 aliphatic heterocycles. The first kappa shape index (κ1) is 7.79. The number of ether oxygens (including phenoxy) is 1. The van der Waals surface area contributed by atoms with E-state index in [-0.39, 0.29) is 5.97 Å². The zero-order valence-corrected chi connectivity index (χ0v) is 7.10. The van der Waals surface area contributed by atoms with Crippen molar-refractivity contribution < 1.29 is 9.53 Å². The molecule has 0 radical (unpaired) electrons. The third-order valence-electron chi connectivity index (χ3n) is 1.80. The van der Waals surface area contributed by atoms with Crippen molar-refractivity contribution in [3.63, 3.8) is 0 Å². The minimum absolute atomic E-state index is 0.365. The van der Waals surface area contributed by atoms with Crippen molar-refractivity contribution in [2.24, 2.45) is 0 Å². The van der Waals surface area contributed by atoms with Crippen LogP contribution in [0.25, 0.3) is 5.52 Å². The number of esters is 1. The number of rotatable bonds is 1. The SMILES string of the molecule is COC(=O)c1cnn2cccc2c1. The number of hydrogen-bond donors (Lipinski definition) is 0. The smallest absolute Gasteiger partial charge is 0.339 e. The molecule has 4 heteroatoms. The summed E-state index contributed by atoms with van der Waals surface area (Å²) in [5.74, 6) is -0.365. The predicted octanol–water partition coefficient (Wildman–Crippen LogP) is 1.12. The first-order valence-electron chi connectivity index (χ1n) is 3.83. The summed E-state index contributed by atoms with van der Waals surface area (Å²) in [4.78, 5) is 11.1. The van der Waals surface area contributed by atoms with Crippen LogP contribution in [0, 0.1) is 0 Å². The number of fused-ring (bicyclic) bond motifs is 1. The lowest BCUT2D eigenvalue weighted by atomic mass is 10.3. The van der Waals surface area contributed by atoms with Crippen molar-refractivity contribution in [2.75, 3.05) is 7.11 Å². The average molecular weight is 176 g/mol. The van der Waals surface area contributed by atoms with Crippen LogP contribution in [-0.4, -0.2) is 22.7 Å². The lowest BCUT2D eigenvalue weighted by Crippen LogP contribution is -2.03. The van der Waals surface area contributed by atoms with Crippen LogP contribution in [0.5, 0.6) is 0 Å². The maximum Gasteiger partial charge on any atom is 0.339 e. The number of aromatic nitrogens is 2. The van der Waals surface area contributed by atoms with Crippen molar-refractivity contribution in [2.45, 2.75) is 0 Å². The van der Waals surface area contributed by atoms with Gasteiger partial charge in [0.2, 0.25) is 0 Å². The van der Waals surface area contributed by atoms with Gasteiger partial charge in [0.1, 0.15) is 0 Å². The summed E-state index contributed by atoms with van der Waals surface area (Å²) in [7, 11) is 1.35. The van der Waals surface area contributed by atoms with Gasteiger partial charge in [0.25, 0.3) is 0 Å². The van der Waals surface area contributed by atoms with Crippen LogP contribution in [0.15, 0.2) is 30.6 Å². The molecule has 0 aliphatic rings. The molecule has 4 nitrogen and oxygen atoms in total. The van der Waals surface area contributed by atoms with Crippen molar-refractivity contribution >= 4 is 11.5 Å². The monoisotopic (exact) mass is 176 g/mol. The molecular weight excluding hydrogens is 168 g/mol. The summed E-state index contributed by atoms with van der Waals surface area (Å²) >= 11 is 0. The molecule has 0 N–H and O–H groups in total. The van der Waals surface area contributed by atoms with E-state index >= 15 is 0 Å². The van der Waals surface area contributed by atoms with Gasteiger partial charge in [-0.05, 0) is 18.2 Å². The average Bonchev–Trinajstić information content (AvgIpc) is 2.63. The summed E-state index contributed by atoms with van der Waals surface area (Å²) in [5, 5.41) is 4.03. The van der Waals surface area contributed by atoms with E-state index in [1.807, 2.05) is 18.3 Å². The Labute approximate surface area is 74.7 Å². The van der Waals surface area contributed by atoms with Gasteiger partial charge >= 0.3 is 5.97 Å². The lowest BCUT2D eigenvalue weighted by Gasteiger charge is -1.98. The minimum atomic E-state index is -0.365. The molecule has 0 spiro atoms. The summed E-state index contributed by atoms with van der Waals surface area (Å²) in [6.45, 7) is 0. The molecule has 2 heterocycles. The Kier molecular flexibility index (Phi) is 1.73. The standard InChI is InChI=1S/C9H8N2O2/c1-13-9(12)7-5-8-3-2-4-11(8)10-6-7/h2-6H,1H3. The highest BCUT2D eigenvalue weighted by molar-refractivity contribution is 5.90. The highest BCUT2D eigenvalue weighted by Gasteiger charge is 2.05. The number of nitrogens with zero attached hydrogens (tertiary/aromatic N) is 2. The largest absolute Gasteiger partial charge is 0.465 e. The highest BCUT2D eigenvalue weighted by Crippen LogP contribution is 2.06. The van der Waals surface area contributed by atoms with Crippen LogP contribution >= 0.6 is 0 Å². The quantitative estimate of drug-likeness (QED) is 0.611. The van der Waals surface area contributed by atoms with Gasteiger partial charge < -0.3 is 4.74 Å². The van der Waals surface area contributed by atoms with Gasteiger partial charge in [-0.15, -0.1) is 0 Å². The van der Waals surface area contributed by atoms with E-state index in [0.717, 1.165) is 5.52 Å². The highest BCUT2D eigenvalue weighted by atomic mass is 16.5. The molecule has 0 atom stereocenters. The Morgan fingerprint density at radius 1 is 1.62 bits per heavy atom. The molecule has 0 saturated carbocycles. The molecule has 0 bridgehead atoms. The number of hydrogen-bond acceptors (Lipinski definition) is 3. The van der Waals surface area contributed by atoms with E-state index in [0.29, 0.717) is 5.56 Å². The van der Waals surface area contributed by atoms with Gasteiger partial charge in [0.15, 0.2) is 0 Å². The third kappa shape index (κ3) is 1.26. The van der Waals surface area contributed by atoms with Crippen LogP contribution < -0.4 is 0 Å². The maximum atomic E-state index is 11.1. The molecule has 2 aromatic heterocycles. The molecule has 0 saturated heterocycles. The van der Waals surface area contributed by atoms with E-state index in [2.05, 4.69) is 9.84 Å². The van der Waals surface area contributed by atoms with Gasteiger partial charge in [-0.25, -0.2) is 9.31 Å². The Hall–Kier alpha value is -1.84. The molecule has 0 aromatic carbocycles. The molecule has 66 valence electrons. The second-order valence-corrected chi connectivity index (χ2v) is 2.61. The van der Waals surface area contributed by atoms with Crippen molar-refractivity contribution in [3.05, 3.63) is 36.2 Å². The molecule has 0 unspecified atom stereocenters. The Morgan fingerprint density at radius 3 is 3.23 bits per heavy atom. The van der Waals surface area contributed by atoms with Crippen LogP contribution in [0.4, 0.5) is 0 Å². The van der Waals surface area contributed by atoms with E-state index in [4.69, 9.17) is 0 Å². The lowest BCUT2D eigenvalue weighted by molar-refractivity contribution is 0.0600. The fourth-order valence-electron chi connectivity index (χ4n) is 1.16. The van der Waals surface area contributed by atoms with Crippen molar-refractivity contribution in [1.82, 2.24) is 9.61 Å². The van der Waals surface area contributed by atoms with Crippen LogP contribution in [-0.2, 0) is 4.74 Å². The first-order chi connectivity index (χ1) is 6.31. The topological polar surface area (TPSA) is 43.6 Å². The van der Waals surface area contributed by atoms with E-state index in [9.17, 15) is 4.79 Å². The molecule has 0 amide bonds. The van der Waals surface area contributed by atoms with E-state index in [1.165, 1.54) is 13.3 Å². The number of carbonyl (C=O) groups is 1. The summed E-state index contributed by atoms with van der Waals surface area (Å²) in [6.07, 6.45) is 3.30. The van der Waals surface area contributed by atoms with Crippen molar-refractivity contribution in [1.29, 1.82) is 0 Å². The number of carbonyl (C=O) groups excluding carboxylic acids is 1. The van der Waals surface area contributed by atoms with Crippen LogP contribution in [0.3, 0.4) is 0 Å². The molecule has 0 aliphatic carbocycles. The zero-order chi connectivity index (χ0) is 9.26. The maximum absolute atomic E-state index is 11.1. The minimum Gasteiger partial charge on any atom is -0.465 e. The second kappa shape index (κ2) is 2.90. The van der Waals surface area contributed by atoms with Gasteiger partial charge in [-0.2, -0.15) is 5.10 Å². The fraction of sp³-hybridized carbons (Fsp3) is 0.111. The Bertz CT molecular complexity index is 448. The molecule has 2 rings (SSSR count). The van der Waals surface area contributed by atoms with Gasteiger partial charge in [0, 0.05) is 6.20 Å². The van der Waals surface area contributed by atoms with Gasteiger partial charge in [-0.3, -0.25) is 0 Å². The Morgan fingerprint density at radius 2 is 2.46 bits per heavy atom. The van der Waals surface area contributed by atoms with Gasteiger partial charge in [-0.1, -0.05) is 0 Å². The molecule has 2 aromatic rings. The summed E-state index contributed by atoms with van der Waals surface area (Å²) < 4.78 is 6.26. The van der Waals surface area contributed by atoms with Crippen molar-refractivity contribution in [3.8, 4) is 0 Å². The first-order valence-corrected chi connectivity index (χ1v) is 3.83. The predicted molar refractivity (Wildman–Crippen MR) is 46.5 cm³/mol. The zero-order valence-electron chi connectivity index (χ0n) is 7.10. The van der Waals surface area contributed by atoms with Crippen LogP contribution in [0.1, 0.15) is 10.4 Å². The van der Waals surface area contributed by atoms with Crippen LogP contribution in [0.2, 0.25) is 0 Å². The second-order valence-electron chi connectivity index (χ2n) is 2.61. The van der Waals surface area contributed by atoms with Gasteiger partial charge in [0.05, 0.1) is 24.4 Å². The fourth-order valence-corrected chi connectivity index (χ4v) is 1.16. The normalized spacial score (nSPS) is 10.2. The van der Waals surface area contributed by atoms with E-state index in [1.54, 1.807) is 10.6 Å². The third-order valence-corrected chi connectivity index (χ3v) is 1.80. The van der Waals surface area contributed by atoms with E-state index < -0.39 is 0 Å². The Balaban J connectivity index is 2.54. The summed E-state index contributed by atoms with van der Waals surface area (Å²) in [6, 6.07) is 5.47. The molecule has 0 fully saturated rings. The summed E-state index contributed by atoms with van der Waals surface area (Å²) in [5.41, 5.74) is 1.34. The number of methoxy groups -OCH3 is 1. The molecular formula is C9H8N2O2.